The number of hydrogen-bond acceptors (Lipinski definition) is 6. The average molecular weight is 404 g/mol. The monoisotopic (exact) mass is 403 g/mol. The van der Waals surface area contributed by atoms with Crippen molar-refractivity contribution < 1.29 is 23.9 Å². The number of thiophene rings is 1. The Morgan fingerprint density at radius 2 is 1.79 bits per heavy atom. The van der Waals surface area contributed by atoms with Crippen molar-refractivity contribution in [3.8, 4) is 5.75 Å². The van der Waals surface area contributed by atoms with E-state index in [2.05, 4.69) is 5.32 Å². The fourth-order valence-electron chi connectivity index (χ4n) is 2.64. The van der Waals surface area contributed by atoms with Gasteiger partial charge in [-0.25, -0.2) is 0 Å². The summed E-state index contributed by atoms with van der Waals surface area (Å²) in [4.78, 5) is 38.3. The number of hydrogen-bond donors (Lipinski definition) is 1. The predicted molar refractivity (Wildman–Crippen MR) is 108 cm³/mol. The second-order valence-electron chi connectivity index (χ2n) is 6.45. The third-order valence-electron chi connectivity index (χ3n) is 4.20. The minimum absolute atomic E-state index is 0.0523. The largest absolute Gasteiger partial charge is 0.497 e. The number of ether oxygens (including phenoxy) is 2. The Hall–Kier alpha value is -2.67. The van der Waals surface area contributed by atoms with Crippen LogP contribution in [0.1, 0.15) is 45.4 Å². The van der Waals surface area contributed by atoms with Crippen molar-refractivity contribution in [2.45, 2.75) is 46.3 Å². The summed E-state index contributed by atoms with van der Waals surface area (Å²) < 4.78 is 10.2. The maximum Gasteiger partial charge on any atom is 0.307 e. The van der Waals surface area contributed by atoms with Crippen LogP contribution in [0.5, 0.6) is 5.75 Å². The molecule has 1 N–H and O–H groups in total. The van der Waals surface area contributed by atoms with Crippen molar-refractivity contribution >= 4 is 29.0 Å². The normalized spacial score (nSPS) is 11.6. The Kier molecular flexibility index (Phi) is 7.75. The summed E-state index contributed by atoms with van der Waals surface area (Å²) in [5.41, 5.74) is 1.56. The lowest BCUT2D eigenvalue weighted by molar-refractivity contribution is -0.154. The summed E-state index contributed by atoms with van der Waals surface area (Å²) in [6, 6.07) is 9.13. The Labute approximate surface area is 168 Å². The fourth-order valence-corrected chi connectivity index (χ4v) is 3.59. The highest BCUT2D eigenvalue weighted by Gasteiger charge is 2.19. The van der Waals surface area contributed by atoms with E-state index in [0.29, 0.717) is 12.1 Å². The number of ketones is 1. The molecule has 1 atom stereocenters. The minimum atomic E-state index is -0.925. The van der Waals surface area contributed by atoms with Crippen LogP contribution < -0.4 is 10.1 Å². The first-order chi connectivity index (χ1) is 13.3. The summed E-state index contributed by atoms with van der Waals surface area (Å²) in [5.74, 6) is -0.306. The molecule has 0 aliphatic heterocycles. The number of aryl methyl sites for hydroxylation is 2. The second-order valence-corrected chi connectivity index (χ2v) is 7.91. The molecule has 0 aliphatic carbocycles. The van der Waals surface area contributed by atoms with E-state index in [1.165, 1.54) is 6.92 Å². The molecular formula is C21H25NO5S. The molecule has 1 aromatic carbocycles. The maximum atomic E-state index is 12.2. The number of rotatable bonds is 9. The molecule has 1 heterocycles. The number of nitrogens with one attached hydrogen (secondary N) is 1. The predicted octanol–water partition coefficient (Wildman–Crippen LogP) is 3.58. The number of methoxy groups -OCH3 is 1. The van der Waals surface area contributed by atoms with Crippen molar-refractivity contribution in [3.05, 3.63) is 51.2 Å². The summed E-state index contributed by atoms with van der Waals surface area (Å²) >= 11 is 1.56. The van der Waals surface area contributed by atoms with Gasteiger partial charge in [-0.3, -0.25) is 14.4 Å². The number of Topliss-reactive ketones (excluding diaryl/α,β-unsaturated/α-hetero) is 1. The van der Waals surface area contributed by atoms with Crippen LogP contribution in [0.25, 0.3) is 0 Å². The molecule has 28 heavy (non-hydrogen) atoms. The molecule has 0 bridgehead atoms. The molecule has 0 aliphatic rings. The Morgan fingerprint density at radius 1 is 1.11 bits per heavy atom. The van der Waals surface area contributed by atoms with Crippen molar-refractivity contribution in [1.29, 1.82) is 0 Å². The van der Waals surface area contributed by atoms with Crippen LogP contribution in [-0.4, -0.2) is 30.9 Å². The molecule has 0 spiro atoms. The molecule has 2 aromatic rings. The van der Waals surface area contributed by atoms with Gasteiger partial charge in [0.25, 0.3) is 5.91 Å². The van der Waals surface area contributed by atoms with Gasteiger partial charge in [-0.15, -0.1) is 11.3 Å². The molecule has 0 saturated carbocycles. The SMILES string of the molecule is COc1ccc(CNC(=O)[C@H](C)OC(=O)CCC(=O)c2cc(C)sc2C)cc1. The first-order valence-electron chi connectivity index (χ1n) is 9.00. The number of benzene rings is 1. The van der Waals surface area contributed by atoms with Crippen molar-refractivity contribution in [2.24, 2.45) is 0 Å². The van der Waals surface area contributed by atoms with E-state index in [4.69, 9.17) is 9.47 Å². The van der Waals surface area contributed by atoms with Crippen LogP contribution in [-0.2, 0) is 20.9 Å². The van der Waals surface area contributed by atoms with Crippen molar-refractivity contribution in [1.82, 2.24) is 5.32 Å². The van der Waals surface area contributed by atoms with E-state index in [0.717, 1.165) is 21.1 Å². The topological polar surface area (TPSA) is 81.7 Å². The molecule has 2 rings (SSSR count). The second kappa shape index (κ2) is 10.0. The quantitative estimate of drug-likeness (QED) is 0.511. The lowest BCUT2D eigenvalue weighted by Crippen LogP contribution is -2.35. The van der Waals surface area contributed by atoms with Crippen molar-refractivity contribution in [3.63, 3.8) is 0 Å². The van der Waals surface area contributed by atoms with Gasteiger partial charge in [-0.05, 0) is 44.5 Å². The van der Waals surface area contributed by atoms with Crippen molar-refractivity contribution in [2.75, 3.05) is 7.11 Å². The molecular weight excluding hydrogens is 378 g/mol. The lowest BCUT2D eigenvalue weighted by Gasteiger charge is -2.13. The smallest absolute Gasteiger partial charge is 0.307 e. The number of amides is 1. The zero-order chi connectivity index (χ0) is 20.7. The van der Waals surface area contributed by atoms with E-state index < -0.39 is 12.1 Å². The maximum absolute atomic E-state index is 12.2. The van der Waals surface area contributed by atoms with Crippen LogP contribution in [0.2, 0.25) is 0 Å². The highest BCUT2D eigenvalue weighted by atomic mass is 32.1. The Balaban J connectivity index is 1.75. The summed E-state index contributed by atoms with van der Waals surface area (Å²) in [6.45, 7) is 5.66. The van der Waals surface area contributed by atoms with Crippen LogP contribution in [0.4, 0.5) is 0 Å². The average Bonchev–Trinajstić information content (AvgIpc) is 3.02. The zero-order valence-electron chi connectivity index (χ0n) is 16.5. The summed E-state index contributed by atoms with van der Waals surface area (Å²) in [6.07, 6.45) is -0.912. The molecule has 7 heteroatoms. The van der Waals surface area contributed by atoms with Gasteiger partial charge < -0.3 is 14.8 Å². The van der Waals surface area contributed by atoms with E-state index in [9.17, 15) is 14.4 Å². The summed E-state index contributed by atoms with van der Waals surface area (Å²) in [7, 11) is 1.59. The fraction of sp³-hybridized carbons (Fsp3) is 0.381. The molecule has 1 amide bonds. The summed E-state index contributed by atoms with van der Waals surface area (Å²) in [5, 5.41) is 2.72. The first kappa shape index (κ1) is 21.6. The van der Waals surface area contributed by atoms with E-state index in [-0.39, 0.29) is 24.5 Å². The zero-order valence-corrected chi connectivity index (χ0v) is 17.4. The van der Waals surface area contributed by atoms with E-state index in [1.807, 2.05) is 32.0 Å². The van der Waals surface area contributed by atoms with Gasteiger partial charge in [0.15, 0.2) is 11.9 Å². The third-order valence-corrected chi connectivity index (χ3v) is 5.17. The van der Waals surface area contributed by atoms with Gasteiger partial charge in [0.1, 0.15) is 5.75 Å². The van der Waals surface area contributed by atoms with Gasteiger partial charge in [0.05, 0.1) is 13.5 Å². The number of carbonyl (C=O) groups is 3. The highest BCUT2D eigenvalue weighted by Crippen LogP contribution is 2.22. The Bertz CT molecular complexity index is 841. The standard InChI is InChI=1S/C21H25NO5S/c1-13-11-18(15(3)28-13)19(23)9-10-20(24)27-14(2)21(25)22-12-16-5-7-17(26-4)8-6-16/h5-8,11,14H,9-10,12H2,1-4H3,(H,22,25)/t14-/m0/s1. The van der Waals surface area contributed by atoms with E-state index >= 15 is 0 Å². The van der Waals surface area contributed by atoms with Crippen LogP contribution >= 0.6 is 11.3 Å². The van der Waals surface area contributed by atoms with Crippen LogP contribution in [0, 0.1) is 13.8 Å². The third kappa shape index (κ3) is 6.20. The van der Waals surface area contributed by atoms with Gasteiger partial charge in [0.2, 0.25) is 0 Å². The minimum Gasteiger partial charge on any atom is -0.497 e. The molecule has 150 valence electrons. The van der Waals surface area contributed by atoms with Gasteiger partial charge in [0, 0.05) is 28.3 Å². The molecule has 0 saturated heterocycles. The lowest BCUT2D eigenvalue weighted by atomic mass is 10.1. The molecule has 0 radical (unpaired) electrons. The first-order valence-corrected chi connectivity index (χ1v) is 9.82. The molecule has 0 fully saturated rings. The number of carbonyl (C=O) groups excluding carboxylic acids is 3. The Morgan fingerprint density at radius 3 is 2.36 bits per heavy atom. The van der Waals surface area contributed by atoms with Gasteiger partial charge in [-0.2, -0.15) is 0 Å². The van der Waals surface area contributed by atoms with E-state index in [1.54, 1.807) is 30.6 Å². The van der Waals surface area contributed by atoms with Crippen LogP contribution in [0.3, 0.4) is 0 Å². The van der Waals surface area contributed by atoms with Crippen LogP contribution in [0.15, 0.2) is 30.3 Å². The van der Waals surface area contributed by atoms with Gasteiger partial charge >= 0.3 is 5.97 Å². The molecule has 1 aromatic heterocycles. The van der Waals surface area contributed by atoms with Gasteiger partial charge in [-0.1, -0.05) is 12.1 Å². The molecule has 0 unspecified atom stereocenters. The number of esters is 1. The molecule has 6 nitrogen and oxygen atoms in total. The highest BCUT2D eigenvalue weighted by molar-refractivity contribution is 7.12.